The van der Waals surface area contributed by atoms with E-state index in [1.807, 2.05) is 35.2 Å². The first-order valence-electron chi connectivity index (χ1n) is 10.7. The average Bonchev–Trinajstić information content (AvgIpc) is 3.40. The molecule has 2 fully saturated rings. The third-order valence-corrected chi connectivity index (χ3v) is 6.24. The SMILES string of the molecule is CC(C)Cc1cc(C(=O)N2CC[C@](O)(c3ccccc3)[C@H](N3CCCC3)C2)no1. The zero-order valence-corrected chi connectivity index (χ0v) is 17.4. The van der Waals surface area contributed by atoms with Crippen molar-refractivity contribution in [3.05, 3.63) is 53.4 Å². The topological polar surface area (TPSA) is 69.8 Å². The maximum Gasteiger partial charge on any atom is 0.276 e. The van der Waals surface area contributed by atoms with Crippen molar-refractivity contribution in [2.75, 3.05) is 26.2 Å². The van der Waals surface area contributed by atoms with Gasteiger partial charge >= 0.3 is 0 Å². The smallest absolute Gasteiger partial charge is 0.276 e. The van der Waals surface area contributed by atoms with E-state index in [2.05, 4.69) is 23.9 Å². The van der Waals surface area contributed by atoms with Crippen molar-refractivity contribution >= 4 is 5.91 Å². The minimum Gasteiger partial charge on any atom is -0.383 e. The van der Waals surface area contributed by atoms with Crippen LogP contribution in [0.2, 0.25) is 0 Å². The minimum atomic E-state index is -0.949. The molecule has 6 heteroatoms. The molecule has 2 aliphatic rings. The Bertz CT molecular complexity index is 829. The summed E-state index contributed by atoms with van der Waals surface area (Å²) in [5.41, 5.74) is 0.352. The van der Waals surface area contributed by atoms with Crippen LogP contribution in [0.4, 0.5) is 0 Å². The number of amides is 1. The zero-order valence-electron chi connectivity index (χ0n) is 17.4. The Labute approximate surface area is 172 Å². The van der Waals surface area contributed by atoms with Gasteiger partial charge in [0.15, 0.2) is 5.69 Å². The second-order valence-electron chi connectivity index (χ2n) is 8.83. The van der Waals surface area contributed by atoms with Crippen LogP contribution in [-0.4, -0.2) is 58.2 Å². The highest BCUT2D eigenvalue weighted by Crippen LogP contribution is 2.37. The molecule has 0 aliphatic carbocycles. The second kappa shape index (κ2) is 8.28. The lowest BCUT2D eigenvalue weighted by Crippen LogP contribution is -2.61. The molecule has 1 N–H and O–H groups in total. The van der Waals surface area contributed by atoms with Gasteiger partial charge in [-0.05, 0) is 43.8 Å². The summed E-state index contributed by atoms with van der Waals surface area (Å²) in [6, 6.07) is 11.6. The highest BCUT2D eigenvalue weighted by atomic mass is 16.5. The largest absolute Gasteiger partial charge is 0.383 e. The molecule has 6 nitrogen and oxygen atoms in total. The van der Waals surface area contributed by atoms with Crippen molar-refractivity contribution in [1.82, 2.24) is 15.0 Å². The normalized spacial score (nSPS) is 25.7. The summed E-state index contributed by atoms with van der Waals surface area (Å²) in [7, 11) is 0. The molecule has 2 atom stereocenters. The van der Waals surface area contributed by atoms with Crippen LogP contribution in [0, 0.1) is 5.92 Å². The summed E-state index contributed by atoms with van der Waals surface area (Å²) >= 11 is 0. The summed E-state index contributed by atoms with van der Waals surface area (Å²) < 4.78 is 5.37. The minimum absolute atomic E-state index is 0.108. The molecule has 4 rings (SSSR count). The lowest BCUT2D eigenvalue weighted by Gasteiger charge is -2.48. The fraction of sp³-hybridized carbons (Fsp3) is 0.565. The van der Waals surface area contributed by atoms with Crippen LogP contribution in [0.3, 0.4) is 0 Å². The van der Waals surface area contributed by atoms with E-state index in [1.165, 1.54) is 0 Å². The van der Waals surface area contributed by atoms with Crippen LogP contribution in [0.25, 0.3) is 0 Å². The van der Waals surface area contributed by atoms with Crippen LogP contribution >= 0.6 is 0 Å². The Kier molecular flexibility index (Phi) is 5.74. The number of carbonyl (C=O) groups is 1. The quantitative estimate of drug-likeness (QED) is 0.840. The average molecular weight is 398 g/mol. The number of likely N-dealkylation sites (tertiary alicyclic amines) is 2. The number of aromatic nitrogens is 1. The van der Waals surface area contributed by atoms with Gasteiger partial charge in [-0.1, -0.05) is 49.3 Å². The number of carbonyl (C=O) groups excluding carboxylic acids is 1. The molecule has 2 aliphatic heterocycles. The molecular weight excluding hydrogens is 366 g/mol. The number of aliphatic hydroxyl groups is 1. The van der Waals surface area contributed by atoms with Gasteiger partial charge in [-0.25, -0.2) is 0 Å². The van der Waals surface area contributed by atoms with Gasteiger partial charge in [0, 0.05) is 25.6 Å². The predicted octanol–water partition coefficient (Wildman–Crippen LogP) is 3.07. The van der Waals surface area contributed by atoms with Crippen molar-refractivity contribution in [3.8, 4) is 0 Å². The van der Waals surface area contributed by atoms with Crippen LogP contribution in [0.15, 0.2) is 40.9 Å². The Morgan fingerprint density at radius 2 is 1.97 bits per heavy atom. The van der Waals surface area contributed by atoms with Gasteiger partial charge in [0.2, 0.25) is 0 Å². The van der Waals surface area contributed by atoms with Crippen molar-refractivity contribution < 1.29 is 14.4 Å². The molecule has 3 heterocycles. The van der Waals surface area contributed by atoms with Crippen LogP contribution < -0.4 is 0 Å². The summed E-state index contributed by atoms with van der Waals surface area (Å²) in [5, 5.41) is 15.7. The first-order valence-corrected chi connectivity index (χ1v) is 10.7. The number of hydrogen-bond donors (Lipinski definition) is 1. The third kappa shape index (κ3) is 4.09. The van der Waals surface area contributed by atoms with E-state index in [-0.39, 0.29) is 11.9 Å². The van der Waals surface area contributed by atoms with Crippen LogP contribution in [-0.2, 0) is 12.0 Å². The van der Waals surface area contributed by atoms with Gasteiger partial charge in [-0.15, -0.1) is 0 Å². The summed E-state index contributed by atoms with van der Waals surface area (Å²) in [4.78, 5) is 17.3. The molecule has 29 heavy (non-hydrogen) atoms. The number of benzene rings is 1. The highest BCUT2D eigenvalue weighted by Gasteiger charge is 2.47. The number of rotatable bonds is 5. The monoisotopic (exact) mass is 397 g/mol. The van der Waals surface area contributed by atoms with E-state index in [1.54, 1.807) is 6.07 Å². The first-order chi connectivity index (χ1) is 14.0. The number of piperidine rings is 1. The van der Waals surface area contributed by atoms with E-state index in [4.69, 9.17) is 4.52 Å². The molecule has 156 valence electrons. The molecule has 1 amide bonds. The van der Waals surface area contributed by atoms with E-state index < -0.39 is 5.60 Å². The molecule has 0 unspecified atom stereocenters. The molecule has 1 aromatic heterocycles. The van der Waals surface area contributed by atoms with E-state index >= 15 is 0 Å². The van der Waals surface area contributed by atoms with Gasteiger partial charge in [0.25, 0.3) is 5.91 Å². The second-order valence-corrected chi connectivity index (χ2v) is 8.83. The standard InChI is InChI=1S/C23H31N3O3/c1-17(2)14-19-15-20(24-29-19)22(27)26-13-10-23(28,18-8-4-3-5-9-18)21(16-26)25-11-6-7-12-25/h3-5,8-9,15,17,21,28H,6-7,10-14,16H2,1-2H3/t21-,23+/m1/s1. The Morgan fingerprint density at radius 3 is 2.66 bits per heavy atom. The molecular formula is C23H31N3O3. The molecule has 0 radical (unpaired) electrons. The van der Waals surface area contributed by atoms with E-state index in [0.29, 0.717) is 31.1 Å². The van der Waals surface area contributed by atoms with Gasteiger partial charge in [0.05, 0.1) is 6.04 Å². The van der Waals surface area contributed by atoms with Gasteiger partial charge in [0.1, 0.15) is 11.4 Å². The highest BCUT2D eigenvalue weighted by molar-refractivity contribution is 5.92. The van der Waals surface area contributed by atoms with E-state index in [0.717, 1.165) is 43.7 Å². The first kappa shape index (κ1) is 20.1. The molecule has 0 bridgehead atoms. The maximum atomic E-state index is 13.1. The lowest BCUT2D eigenvalue weighted by atomic mass is 9.79. The van der Waals surface area contributed by atoms with Crippen molar-refractivity contribution in [1.29, 1.82) is 0 Å². The van der Waals surface area contributed by atoms with Gasteiger partial charge in [-0.3, -0.25) is 9.69 Å². The fourth-order valence-corrected chi connectivity index (χ4v) is 4.72. The molecule has 2 saturated heterocycles. The molecule has 0 saturated carbocycles. The number of nitrogens with zero attached hydrogens (tertiary/aromatic N) is 3. The van der Waals surface area contributed by atoms with E-state index in [9.17, 15) is 9.90 Å². The van der Waals surface area contributed by atoms with Gasteiger partial charge in [-0.2, -0.15) is 0 Å². The lowest BCUT2D eigenvalue weighted by molar-refractivity contribution is -0.0878. The zero-order chi connectivity index (χ0) is 20.4. The van der Waals surface area contributed by atoms with Crippen molar-refractivity contribution in [3.63, 3.8) is 0 Å². The maximum absolute atomic E-state index is 13.1. The third-order valence-electron chi connectivity index (χ3n) is 6.24. The summed E-state index contributed by atoms with van der Waals surface area (Å²) in [5.74, 6) is 1.08. The molecule has 0 spiro atoms. The van der Waals surface area contributed by atoms with Crippen molar-refractivity contribution in [2.45, 2.75) is 51.2 Å². The van der Waals surface area contributed by atoms with Crippen LogP contribution in [0.1, 0.15) is 54.9 Å². The Balaban J connectivity index is 1.55. The van der Waals surface area contributed by atoms with Crippen molar-refractivity contribution in [2.24, 2.45) is 5.92 Å². The summed E-state index contributed by atoms with van der Waals surface area (Å²) in [6.07, 6.45) is 3.55. The van der Waals surface area contributed by atoms with Crippen LogP contribution in [0.5, 0.6) is 0 Å². The number of hydrogen-bond acceptors (Lipinski definition) is 5. The predicted molar refractivity (Wildman–Crippen MR) is 110 cm³/mol. The molecule has 2 aromatic rings. The van der Waals surface area contributed by atoms with Gasteiger partial charge < -0.3 is 14.5 Å². The Morgan fingerprint density at radius 1 is 1.24 bits per heavy atom. The molecule has 1 aromatic carbocycles. The Hall–Kier alpha value is -2.18. The fourth-order valence-electron chi connectivity index (χ4n) is 4.72. The summed E-state index contributed by atoms with van der Waals surface area (Å²) in [6.45, 7) is 7.14.